The average Bonchev–Trinajstić information content (AvgIpc) is 2.68. The fourth-order valence-corrected chi connectivity index (χ4v) is 3.70. The van der Waals surface area contributed by atoms with E-state index in [1.165, 1.54) is 44.1 Å². The van der Waals surface area contributed by atoms with Gasteiger partial charge in [-0.15, -0.1) is 0 Å². The fourth-order valence-electron chi connectivity index (χ4n) is 2.72. The van der Waals surface area contributed by atoms with Crippen LogP contribution < -0.4 is 0 Å². The van der Waals surface area contributed by atoms with E-state index in [9.17, 15) is 0 Å². The standard InChI is InChI=1S/C16H22Br2O/c17-11-16(14-8-5-9-15(18)10-14)19-12-13-6-3-1-2-4-7-13/h5,8-10,13,16H,1-4,6-7,11-12H2. The molecule has 0 radical (unpaired) electrons. The summed E-state index contributed by atoms with van der Waals surface area (Å²) in [5.41, 5.74) is 1.25. The first-order valence-corrected chi connectivity index (χ1v) is 9.14. The van der Waals surface area contributed by atoms with Gasteiger partial charge in [0, 0.05) is 9.80 Å². The lowest BCUT2D eigenvalue weighted by Crippen LogP contribution is -2.14. The minimum atomic E-state index is 0.167. The van der Waals surface area contributed by atoms with Crippen LogP contribution in [0.15, 0.2) is 28.7 Å². The van der Waals surface area contributed by atoms with E-state index in [1.54, 1.807) is 0 Å². The highest BCUT2D eigenvalue weighted by molar-refractivity contribution is 9.10. The van der Waals surface area contributed by atoms with Crippen LogP contribution in [0.25, 0.3) is 0 Å². The second-order valence-corrected chi connectivity index (χ2v) is 6.95. The van der Waals surface area contributed by atoms with Crippen LogP contribution in [0.3, 0.4) is 0 Å². The van der Waals surface area contributed by atoms with Gasteiger partial charge in [-0.2, -0.15) is 0 Å². The minimum Gasteiger partial charge on any atom is -0.372 e. The number of benzene rings is 1. The lowest BCUT2D eigenvalue weighted by atomic mass is 10.0. The monoisotopic (exact) mass is 388 g/mol. The van der Waals surface area contributed by atoms with Gasteiger partial charge in [-0.1, -0.05) is 69.7 Å². The van der Waals surface area contributed by atoms with Gasteiger partial charge in [0.15, 0.2) is 0 Å². The summed E-state index contributed by atoms with van der Waals surface area (Å²) < 4.78 is 7.28. The highest BCUT2D eigenvalue weighted by Gasteiger charge is 2.16. The molecule has 1 saturated carbocycles. The number of halogens is 2. The fraction of sp³-hybridized carbons (Fsp3) is 0.625. The maximum atomic E-state index is 6.16. The molecule has 0 saturated heterocycles. The van der Waals surface area contributed by atoms with Crippen molar-refractivity contribution in [3.63, 3.8) is 0 Å². The van der Waals surface area contributed by atoms with Gasteiger partial charge < -0.3 is 4.74 Å². The summed E-state index contributed by atoms with van der Waals surface area (Å²) in [6, 6.07) is 8.42. The van der Waals surface area contributed by atoms with Crippen LogP contribution in [-0.4, -0.2) is 11.9 Å². The quantitative estimate of drug-likeness (QED) is 0.451. The molecule has 0 aliphatic heterocycles. The summed E-state index contributed by atoms with van der Waals surface area (Å²) in [6.07, 6.45) is 8.42. The van der Waals surface area contributed by atoms with Gasteiger partial charge in [-0.05, 0) is 36.5 Å². The maximum Gasteiger partial charge on any atom is 0.0922 e. The molecule has 1 aromatic carbocycles. The molecule has 0 N–H and O–H groups in total. The molecule has 1 aliphatic carbocycles. The molecule has 1 nitrogen and oxygen atoms in total. The molecule has 2 rings (SSSR count). The zero-order valence-corrected chi connectivity index (χ0v) is 14.5. The van der Waals surface area contributed by atoms with Gasteiger partial charge in [0.25, 0.3) is 0 Å². The third-order valence-electron chi connectivity index (χ3n) is 3.87. The van der Waals surface area contributed by atoms with Crippen molar-refractivity contribution >= 4 is 31.9 Å². The summed E-state index contributed by atoms with van der Waals surface area (Å²) in [5.74, 6) is 0.760. The number of alkyl halides is 1. The van der Waals surface area contributed by atoms with Gasteiger partial charge in [-0.25, -0.2) is 0 Å². The van der Waals surface area contributed by atoms with E-state index in [1.807, 2.05) is 0 Å². The molecule has 3 heteroatoms. The molecule has 1 unspecified atom stereocenters. The van der Waals surface area contributed by atoms with E-state index in [0.29, 0.717) is 0 Å². The Bertz CT molecular complexity index is 373. The van der Waals surface area contributed by atoms with Gasteiger partial charge in [0.05, 0.1) is 12.7 Å². The smallest absolute Gasteiger partial charge is 0.0922 e. The molecular formula is C16H22Br2O. The van der Waals surface area contributed by atoms with Crippen LogP contribution in [0.2, 0.25) is 0 Å². The highest BCUT2D eigenvalue weighted by atomic mass is 79.9. The number of hydrogen-bond donors (Lipinski definition) is 0. The van der Waals surface area contributed by atoms with Crippen molar-refractivity contribution in [2.24, 2.45) is 5.92 Å². The molecule has 1 aromatic rings. The zero-order chi connectivity index (χ0) is 13.5. The first kappa shape index (κ1) is 15.5. The van der Waals surface area contributed by atoms with Gasteiger partial charge in [-0.3, -0.25) is 0 Å². The van der Waals surface area contributed by atoms with Gasteiger partial charge in [0.1, 0.15) is 0 Å². The maximum absolute atomic E-state index is 6.16. The predicted octanol–water partition coefficient (Wildman–Crippen LogP) is 5.87. The first-order valence-electron chi connectivity index (χ1n) is 7.22. The Balaban J connectivity index is 1.88. The van der Waals surface area contributed by atoms with Crippen LogP contribution in [0, 0.1) is 5.92 Å². The molecule has 1 fully saturated rings. The summed E-state index contributed by atoms with van der Waals surface area (Å²) in [4.78, 5) is 0. The molecule has 106 valence electrons. The van der Waals surface area contributed by atoms with Crippen molar-refractivity contribution in [3.05, 3.63) is 34.3 Å². The van der Waals surface area contributed by atoms with E-state index < -0.39 is 0 Å². The average molecular weight is 390 g/mol. The Morgan fingerprint density at radius 3 is 2.53 bits per heavy atom. The van der Waals surface area contributed by atoms with Crippen molar-refractivity contribution in [2.45, 2.75) is 44.6 Å². The molecular weight excluding hydrogens is 368 g/mol. The lowest BCUT2D eigenvalue weighted by molar-refractivity contribution is 0.0392. The third kappa shape index (κ3) is 5.20. The van der Waals surface area contributed by atoms with Crippen molar-refractivity contribution < 1.29 is 4.74 Å². The first-order chi connectivity index (χ1) is 9.29. The van der Waals surface area contributed by atoms with Gasteiger partial charge >= 0.3 is 0 Å². The minimum absolute atomic E-state index is 0.167. The Labute approximate surface area is 133 Å². The zero-order valence-electron chi connectivity index (χ0n) is 11.3. The molecule has 1 aliphatic rings. The largest absolute Gasteiger partial charge is 0.372 e. The molecule has 0 amide bonds. The van der Waals surface area contributed by atoms with E-state index in [-0.39, 0.29) is 6.10 Å². The van der Waals surface area contributed by atoms with Crippen LogP contribution in [0.4, 0.5) is 0 Å². The number of ether oxygens (including phenoxy) is 1. The lowest BCUT2D eigenvalue weighted by Gasteiger charge is -2.20. The van der Waals surface area contributed by atoms with Crippen molar-refractivity contribution in [2.75, 3.05) is 11.9 Å². The second kappa shape index (κ2) is 8.43. The molecule has 0 bridgehead atoms. The molecule has 0 spiro atoms. The Kier molecular flexibility index (Phi) is 6.89. The topological polar surface area (TPSA) is 9.23 Å². The van der Waals surface area contributed by atoms with E-state index in [0.717, 1.165) is 22.3 Å². The molecule has 0 heterocycles. The predicted molar refractivity (Wildman–Crippen MR) is 87.8 cm³/mol. The van der Waals surface area contributed by atoms with Crippen molar-refractivity contribution in [1.29, 1.82) is 0 Å². The Hall–Kier alpha value is 0.140. The van der Waals surface area contributed by atoms with Gasteiger partial charge in [0.2, 0.25) is 0 Å². The summed E-state index contributed by atoms with van der Waals surface area (Å²) >= 11 is 7.10. The normalized spacial score (nSPS) is 19.1. The summed E-state index contributed by atoms with van der Waals surface area (Å²) in [7, 11) is 0. The van der Waals surface area contributed by atoms with E-state index >= 15 is 0 Å². The number of rotatable bonds is 5. The molecule has 0 aromatic heterocycles. The molecule has 1 atom stereocenters. The SMILES string of the molecule is BrCC(OCC1CCCCCC1)c1cccc(Br)c1. The Morgan fingerprint density at radius 2 is 1.89 bits per heavy atom. The summed E-state index contributed by atoms with van der Waals surface area (Å²) in [5, 5.41) is 0.857. The summed E-state index contributed by atoms with van der Waals surface area (Å²) in [6.45, 7) is 0.906. The van der Waals surface area contributed by atoms with Crippen molar-refractivity contribution in [1.82, 2.24) is 0 Å². The molecule has 19 heavy (non-hydrogen) atoms. The second-order valence-electron chi connectivity index (χ2n) is 5.39. The van der Waals surface area contributed by atoms with E-state index in [4.69, 9.17) is 4.74 Å². The van der Waals surface area contributed by atoms with E-state index in [2.05, 4.69) is 56.1 Å². The van der Waals surface area contributed by atoms with Crippen molar-refractivity contribution in [3.8, 4) is 0 Å². The Morgan fingerprint density at radius 1 is 1.16 bits per heavy atom. The van der Waals surface area contributed by atoms with Crippen LogP contribution in [-0.2, 0) is 4.74 Å². The van der Waals surface area contributed by atoms with Crippen LogP contribution in [0.1, 0.15) is 50.2 Å². The number of hydrogen-bond acceptors (Lipinski definition) is 1. The highest BCUT2D eigenvalue weighted by Crippen LogP contribution is 2.27. The third-order valence-corrected chi connectivity index (χ3v) is 4.95. The van der Waals surface area contributed by atoms with Crippen LogP contribution in [0.5, 0.6) is 0 Å². The van der Waals surface area contributed by atoms with Crippen LogP contribution >= 0.6 is 31.9 Å².